The number of benzene rings is 1. The summed E-state index contributed by atoms with van der Waals surface area (Å²) in [6.45, 7) is 1.72. The zero-order valence-electron chi connectivity index (χ0n) is 12.2. The van der Waals surface area contributed by atoms with Crippen LogP contribution in [0.4, 0.5) is 5.82 Å². The summed E-state index contributed by atoms with van der Waals surface area (Å²) < 4.78 is 6.31. The zero-order valence-corrected chi connectivity index (χ0v) is 12.2. The van der Waals surface area contributed by atoms with Gasteiger partial charge in [0.25, 0.3) is 5.89 Å². The van der Waals surface area contributed by atoms with Crippen LogP contribution in [0.15, 0.2) is 34.9 Å². The zero-order chi connectivity index (χ0) is 16.4. The summed E-state index contributed by atoms with van der Waals surface area (Å²) in [6, 6.07) is 8.38. The monoisotopic (exact) mass is 314 g/mol. The first-order valence-electron chi connectivity index (χ1n) is 6.94. The molecule has 0 aliphatic heterocycles. The third-order valence-electron chi connectivity index (χ3n) is 3.36. The van der Waals surface area contributed by atoms with Crippen molar-refractivity contribution in [2.45, 2.75) is 19.4 Å². The lowest BCUT2D eigenvalue weighted by molar-refractivity contribution is -0.141. The molecule has 3 rings (SSSR count). The molecule has 9 heteroatoms. The Balaban J connectivity index is 1.96. The number of aliphatic carboxylic acids is 1. The van der Waals surface area contributed by atoms with Gasteiger partial charge in [-0.2, -0.15) is 4.98 Å². The molecular formula is C14H14N6O3. The number of nitrogens with zero attached hydrogens (tertiary/aromatic N) is 5. The topological polar surface area (TPSA) is 133 Å². The highest BCUT2D eigenvalue weighted by molar-refractivity contribution is 5.74. The van der Waals surface area contributed by atoms with Crippen molar-refractivity contribution in [3.8, 4) is 23.0 Å². The average Bonchev–Trinajstić information content (AvgIpc) is 3.16. The summed E-state index contributed by atoms with van der Waals surface area (Å²) in [7, 11) is 0. The number of aromatic nitrogens is 5. The molecular weight excluding hydrogens is 300 g/mol. The summed E-state index contributed by atoms with van der Waals surface area (Å²) in [6.07, 6.45) is 0.321. The predicted octanol–water partition coefficient (Wildman–Crippen LogP) is 1.61. The van der Waals surface area contributed by atoms with Crippen LogP contribution in [0.5, 0.6) is 0 Å². The fraction of sp³-hybridized carbons (Fsp3) is 0.214. The smallest absolute Gasteiger partial charge is 0.328 e. The quantitative estimate of drug-likeness (QED) is 0.725. The molecule has 2 heterocycles. The van der Waals surface area contributed by atoms with Gasteiger partial charge in [0.2, 0.25) is 5.82 Å². The van der Waals surface area contributed by atoms with Crippen LogP contribution in [0.2, 0.25) is 0 Å². The fourth-order valence-corrected chi connectivity index (χ4v) is 2.16. The lowest BCUT2D eigenvalue weighted by Gasteiger charge is -2.10. The van der Waals surface area contributed by atoms with E-state index in [1.807, 2.05) is 30.3 Å². The molecule has 1 atom stereocenters. The summed E-state index contributed by atoms with van der Waals surface area (Å²) in [5.74, 6) is -0.485. The Bertz CT molecular complexity index is 826. The minimum atomic E-state index is -1.04. The Morgan fingerprint density at radius 1 is 1.39 bits per heavy atom. The minimum absolute atomic E-state index is 0.0718. The largest absolute Gasteiger partial charge is 0.480 e. The average molecular weight is 314 g/mol. The number of carboxylic acid groups (broad SMARTS) is 1. The molecule has 0 bridgehead atoms. The molecule has 3 aromatic rings. The molecule has 1 aromatic carbocycles. The number of nitrogens with two attached hydrogens (primary N) is 1. The number of rotatable bonds is 5. The highest BCUT2D eigenvalue weighted by Crippen LogP contribution is 2.27. The Morgan fingerprint density at radius 3 is 2.78 bits per heavy atom. The van der Waals surface area contributed by atoms with Crippen LogP contribution in [-0.4, -0.2) is 36.2 Å². The molecule has 118 valence electrons. The molecule has 0 saturated carbocycles. The van der Waals surface area contributed by atoms with Crippen molar-refractivity contribution in [2.24, 2.45) is 0 Å². The maximum atomic E-state index is 11.2. The van der Waals surface area contributed by atoms with E-state index in [2.05, 4.69) is 20.5 Å². The highest BCUT2D eigenvalue weighted by atomic mass is 16.5. The first kappa shape index (κ1) is 14.7. The highest BCUT2D eigenvalue weighted by Gasteiger charge is 2.26. The van der Waals surface area contributed by atoms with Crippen molar-refractivity contribution in [2.75, 3.05) is 5.73 Å². The number of hydrogen-bond donors (Lipinski definition) is 2. The molecule has 3 N–H and O–H groups in total. The van der Waals surface area contributed by atoms with Gasteiger partial charge in [-0.3, -0.25) is 0 Å². The van der Waals surface area contributed by atoms with Crippen LogP contribution in [0.25, 0.3) is 23.0 Å². The number of carboxylic acids is 1. The molecule has 23 heavy (non-hydrogen) atoms. The van der Waals surface area contributed by atoms with Gasteiger partial charge >= 0.3 is 5.97 Å². The van der Waals surface area contributed by atoms with E-state index in [0.29, 0.717) is 12.2 Å². The second kappa shape index (κ2) is 5.87. The standard InChI is InChI=1S/C14H14N6O3/c1-2-9(14(21)22)20-11(15)10(17-19-20)13-16-12(18-23-13)8-6-4-3-5-7-8/h3-7,9H,2,15H2,1H3,(H,21,22). The predicted molar refractivity (Wildman–Crippen MR) is 80.1 cm³/mol. The second-order valence-corrected chi connectivity index (χ2v) is 4.82. The summed E-state index contributed by atoms with van der Waals surface area (Å²) in [5.41, 5.74) is 6.89. The third kappa shape index (κ3) is 2.63. The lowest BCUT2D eigenvalue weighted by Crippen LogP contribution is -2.21. The van der Waals surface area contributed by atoms with E-state index in [0.717, 1.165) is 10.2 Å². The molecule has 0 radical (unpaired) electrons. The van der Waals surface area contributed by atoms with Gasteiger partial charge in [0.1, 0.15) is 0 Å². The number of nitrogen functional groups attached to an aromatic ring is 1. The number of anilines is 1. The molecule has 9 nitrogen and oxygen atoms in total. The summed E-state index contributed by atoms with van der Waals surface area (Å²) in [5, 5.41) is 20.7. The van der Waals surface area contributed by atoms with Crippen LogP contribution in [-0.2, 0) is 4.79 Å². The number of hydrogen-bond acceptors (Lipinski definition) is 7. The van der Waals surface area contributed by atoms with Crippen molar-refractivity contribution >= 4 is 11.8 Å². The van der Waals surface area contributed by atoms with Gasteiger partial charge in [0, 0.05) is 5.56 Å². The molecule has 0 aliphatic carbocycles. The van der Waals surface area contributed by atoms with E-state index in [9.17, 15) is 9.90 Å². The van der Waals surface area contributed by atoms with Crippen LogP contribution in [0.3, 0.4) is 0 Å². The second-order valence-electron chi connectivity index (χ2n) is 4.82. The Labute approximate surface area is 130 Å². The van der Waals surface area contributed by atoms with Crippen molar-refractivity contribution in [3.05, 3.63) is 30.3 Å². The molecule has 0 amide bonds. The maximum absolute atomic E-state index is 11.2. The SMILES string of the molecule is CCC(C(=O)O)n1nnc(-c2nc(-c3ccccc3)no2)c1N. The van der Waals surface area contributed by atoms with Crippen LogP contribution < -0.4 is 5.73 Å². The molecule has 0 saturated heterocycles. The Kier molecular flexibility index (Phi) is 3.75. The van der Waals surface area contributed by atoms with Gasteiger partial charge in [-0.1, -0.05) is 47.6 Å². The lowest BCUT2D eigenvalue weighted by atomic mass is 10.2. The Morgan fingerprint density at radius 2 is 2.13 bits per heavy atom. The molecule has 0 fully saturated rings. The van der Waals surface area contributed by atoms with Crippen molar-refractivity contribution < 1.29 is 14.4 Å². The first-order chi connectivity index (χ1) is 11.1. The van der Waals surface area contributed by atoms with Gasteiger partial charge in [-0.25, -0.2) is 9.48 Å². The summed E-state index contributed by atoms with van der Waals surface area (Å²) >= 11 is 0. The van der Waals surface area contributed by atoms with E-state index in [-0.39, 0.29) is 17.4 Å². The van der Waals surface area contributed by atoms with E-state index in [1.54, 1.807) is 6.92 Å². The van der Waals surface area contributed by atoms with Crippen LogP contribution >= 0.6 is 0 Å². The van der Waals surface area contributed by atoms with E-state index in [4.69, 9.17) is 10.3 Å². The molecule has 0 aliphatic rings. The Hall–Kier alpha value is -3.23. The minimum Gasteiger partial charge on any atom is -0.480 e. The van der Waals surface area contributed by atoms with E-state index >= 15 is 0 Å². The maximum Gasteiger partial charge on any atom is 0.328 e. The van der Waals surface area contributed by atoms with Gasteiger partial charge in [0.15, 0.2) is 17.6 Å². The normalized spacial score (nSPS) is 12.2. The van der Waals surface area contributed by atoms with Crippen LogP contribution in [0, 0.1) is 0 Å². The van der Waals surface area contributed by atoms with E-state index in [1.165, 1.54) is 0 Å². The summed E-state index contributed by atoms with van der Waals surface area (Å²) in [4.78, 5) is 15.5. The fourth-order valence-electron chi connectivity index (χ4n) is 2.16. The van der Waals surface area contributed by atoms with Gasteiger partial charge < -0.3 is 15.4 Å². The molecule has 2 aromatic heterocycles. The van der Waals surface area contributed by atoms with Gasteiger partial charge in [-0.15, -0.1) is 5.10 Å². The van der Waals surface area contributed by atoms with Crippen molar-refractivity contribution in [3.63, 3.8) is 0 Å². The number of carbonyl (C=O) groups is 1. The third-order valence-corrected chi connectivity index (χ3v) is 3.36. The van der Waals surface area contributed by atoms with E-state index < -0.39 is 12.0 Å². The van der Waals surface area contributed by atoms with Crippen LogP contribution in [0.1, 0.15) is 19.4 Å². The van der Waals surface area contributed by atoms with Crippen molar-refractivity contribution in [1.82, 2.24) is 25.1 Å². The van der Waals surface area contributed by atoms with Gasteiger partial charge in [0.05, 0.1) is 0 Å². The van der Waals surface area contributed by atoms with Gasteiger partial charge in [-0.05, 0) is 6.42 Å². The molecule has 1 unspecified atom stereocenters. The first-order valence-corrected chi connectivity index (χ1v) is 6.94. The molecule has 0 spiro atoms. The van der Waals surface area contributed by atoms with Crippen molar-refractivity contribution in [1.29, 1.82) is 0 Å².